The molecule has 1 aromatic heterocycles. The van der Waals surface area contributed by atoms with Gasteiger partial charge in [0, 0.05) is 28.7 Å². The number of rotatable bonds is 6. The summed E-state index contributed by atoms with van der Waals surface area (Å²) in [6.45, 7) is 0. The van der Waals surface area contributed by atoms with Crippen molar-refractivity contribution in [2.45, 2.75) is 6.42 Å². The van der Waals surface area contributed by atoms with E-state index in [0.29, 0.717) is 11.5 Å². The number of aromatic nitrogens is 1. The maximum absolute atomic E-state index is 12.1. The zero-order chi connectivity index (χ0) is 17.6. The van der Waals surface area contributed by atoms with Crippen molar-refractivity contribution in [1.82, 2.24) is 10.4 Å². The molecule has 0 fully saturated rings. The first-order chi connectivity index (χ1) is 12.2. The van der Waals surface area contributed by atoms with Crippen molar-refractivity contribution in [2.75, 3.05) is 14.2 Å². The molecule has 0 atom stereocenters. The number of nitrogens with one attached hydrogen (secondary N) is 2. The second kappa shape index (κ2) is 7.53. The van der Waals surface area contributed by atoms with Gasteiger partial charge in [-0.3, -0.25) is 4.79 Å². The van der Waals surface area contributed by atoms with Crippen LogP contribution in [0.1, 0.15) is 11.1 Å². The average molecular weight is 337 g/mol. The number of carbonyl (C=O) groups is 1. The zero-order valence-electron chi connectivity index (χ0n) is 14.1. The van der Waals surface area contributed by atoms with Crippen LogP contribution in [0.5, 0.6) is 11.5 Å². The molecular weight excluding hydrogens is 318 g/mol. The molecule has 0 aliphatic carbocycles. The van der Waals surface area contributed by atoms with E-state index in [0.717, 1.165) is 22.0 Å². The third-order valence-electron chi connectivity index (χ3n) is 3.80. The number of methoxy groups -OCH3 is 2. The first-order valence-corrected chi connectivity index (χ1v) is 7.79. The summed E-state index contributed by atoms with van der Waals surface area (Å²) in [6, 6.07) is 13.2. The van der Waals surface area contributed by atoms with Crippen molar-refractivity contribution < 1.29 is 14.3 Å². The lowest BCUT2D eigenvalue weighted by Crippen LogP contribution is -2.19. The summed E-state index contributed by atoms with van der Waals surface area (Å²) in [6.07, 6.45) is 3.65. The summed E-state index contributed by atoms with van der Waals surface area (Å²) in [5, 5.41) is 5.05. The Hall–Kier alpha value is -3.28. The number of hydrazone groups is 1. The van der Waals surface area contributed by atoms with Gasteiger partial charge < -0.3 is 14.5 Å². The molecule has 6 heteroatoms. The SMILES string of the molecule is COc1cc(/C=N/NC(=O)Cc2c[nH]c3ccccc23)cc(OC)c1. The minimum Gasteiger partial charge on any atom is -0.497 e. The quantitative estimate of drug-likeness (QED) is 0.536. The number of hydrogen-bond acceptors (Lipinski definition) is 4. The van der Waals surface area contributed by atoms with Crippen molar-refractivity contribution >= 4 is 23.0 Å². The van der Waals surface area contributed by atoms with Crippen LogP contribution in [-0.4, -0.2) is 31.3 Å². The van der Waals surface area contributed by atoms with E-state index in [1.54, 1.807) is 38.6 Å². The number of benzene rings is 2. The molecule has 3 rings (SSSR count). The second-order valence-electron chi connectivity index (χ2n) is 5.48. The van der Waals surface area contributed by atoms with Gasteiger partial charge in [-0.2, -0.15) is 5.10 Å². The first-order valence-electron chi connectivity index (χ1n) is 7.79. The Kier molecular flexibility index (Phi) is 4.99. The molecule has 3 aromatic rings. The highest BCUT2D eigenvalue weighted by Gasteiger charge is 2.07. The third-order valence-corrected chi connectivity index (χ3v) is 3.80. The molecule has 6 nitrogen and oxygen atoms in total. The molecule has 0 saturated carbocycles. The Bertz CT molecular complexity index is 893. The lowest BCUT2D eigenvalue weighted by molar-refractivity contribution is -0.120. The summed E-state index contributed by atoms with van der Waals surface area (Å²) in [7, 11) is 3.16. The molecule has 128 valence electrons. The molecule has 2 N–H and O–H groups in total. The molecule has 0 aliphatic heterocycles. The average Bonchev–Trinajstić information content (AvgIpc) is 3.04. The van der Waals surface area contributed by atoms with Crippen LogP contribution in [0.15, 0.2) is 53.8 Å². The van der Waals surface area contributed by atoms with Crippen LogP contribution in [0.25, 0.3) is 10.9 Å². The second-order valence-corrected chi connectivity index (χ2v) is 5.48. The van der Waals surface area contributed by atoms with E-state index in [4.69, 9.17) is 9.47 Å². The van der Waals surface area contributed by atoms with Gasteiger partial charge in [0.05, 0.1) is 26.9 Å². The Balaban J connectivity index is 1.65. The molecule has 0 saturated heterocycles. The van der Waals surface area contributed by atoms with Gasteiger partial charge in [0.25, 0.3) is 0 Å². The monoisotopic (exact) mass is 337 g/mol. The highest BCUT2D eigenvalue weighted by Crippen LogP contribution is 2.21. The summed E-state index contributed by atoms with van der Waals surface area (Å²) < 4.78 is 10.4. The molecule has 0 aliphatic rings. The largest absolute Gasteiger partial charge is 0.497 e. The lowest BCUT2D eigenvalue weighted by Gasteiger charge is -2.05. The number of para-hydroxylation sites is 1. The summed E-state index contributed by atoms with van der Waals surface area (Å²) in [5.41, 5.74) is 5.26. The van der Waals surface area contributed by atoms with Crippen molar-refractivity contribution in [3.05, 3.63) is 59.8 Å². The number of H-pyrrole nitrogens is 1. The predicted octanol–water partition coefficient (Wildman–Crippen LogP) is 2.88. The summed E-state index contributed by atoms with van der Waals surface area (Å²) in [4.78, 5) is 15.3. The van der Waals surface area contributed by atoms with Gasteiger partial charge in [0.1, 0.15) is 11.5 Å². The fourth-order valence-corrected chi connectivity index (χ4v) is 2.57. The highest BCUT2D eigenvalue weighted by atomic mass is 16.5. The zero-order valence-corrected chi connectivity index (χ0v) is 14.1. The van der Waals surface area contributed by atoms with E-state index in [9.17, 15) is 4.79 Å². The van der Waals surface area contributed by atoms with E-state index in [1.165, 1.54) is 0 Å². The maximum Gasteiger partial charge on any atom is 0.244 e. The number of fused-ring (bicyclic) bond motifs is 1. The standard InChI is InChI=1S/C19H19N3O3/c1-24-15-7-13(8-16(10-15)25-2)11-21-22-19(23)9-14-12-20-18-6-4-3-5-17(14)18/h3-8,10-12,20H,9H2,1-2H3,(H,22,23)/b21-11+. The highest BCUT2D eigenvalue weighted by molar-refractivity contribution is 5.89. The fourth-order valence-electron chi connectivity index (χ4n) is 2.57. The molecule has 1 heterocycles. The molecule has 0 spiro atoms. The van der Waals surface area contributed by atoms with E-state index < -0.39 is 0 Å². The van der Waals surface area contributed by atoms with Crippen molar-refractivity contribution in [3.8, 4) is 11.5 Å². The first kappa shape index (κ1) is 16.6. The van der Waals surface area contributed by atoms with Crippen LogP contribution < -0.4 is 14.9 Å². The summed E-state index contributed by atoms with van der Waals surface area (Å²) in [5.74, 6) is 1.13. The molecule has 1 amide bonds. The van der Waals surface area contributed by atoms with Crippen molar-refractivity contribution in [1.29, 1.82) is 0 Å². The third kappa shape index (κ3) is 3.98. The smallest absolute Gasteiger partial charge is 0.244 e. The predicted molar refractivity (Wildman–Crippen MR) is 97.3 cm³/mol. The number of nitrogens with zero attached hydrogens (tertiary/aromatic N) is 1. The molecule has 0 unspecified atom stereocenters. The van der Waals surface area contributed by atoms with Gasteiger partial charge in [-0.1, -0.05) is 18.2 Å². The molecule has 0 radical (unpaired) electrons. The van der Waals surface area contributed by atoms with E-state index in [1.807, 2.05) is 30.5 Å². The van der Waals surface area contributed by atoms with E-state index >= 15 is 0 Å². The van der Waals surface area contributed by atoms with Crippen molar-refractivity contribution in [2.24, 2.45) is 5.10 Å². The van der Waals surface area contributed by atoms with Crippen molar-refractivity contribution in [3.63, 3.8) is 0 Å². The van der Waals surface area contributed by atoms with Gasteiger partial charge >= 0.3 is 0 Å². The lowest BCUT2D eigenvalue weighted by atomic mass is 10.1. The molecule has 25 heavy (non-hydrogen) atoms. The minimum atomic E-state index is -0.184. The van der Waals surface area contributed by atoms with Gasteiger partial charge in [-0.25, -0.2) is 5.43 Å². The van der Waals surface area contributed by atoms with Gasteiger partial charge in [-0.15, -0.1) is 0 Å². The minimum absolute atomic E-state index is 0.184. The van der Waals surface area contributed by atoms with Crippen LogP contribution in [0.4, 0.5) is 0 Å². The Morgan fingerprint density at radius 3 is 2.60 bits per heavy atom. The molecule has 2 aromatic carbocycles. The van der Waals surface area contributed by atoms with Gasteiger partial charge in [0.2, 0.25) is 5.91 Å². The topological polar surface area (TPSA) is 75.7 Å². The Labute approximate surface area is 145 Å². The van der Waals surface area contributed by atoms with Gasteiger partial charge in [-0.05, 0) is 23.8 Å². The Morgan fingerprint density at radius 1 is 1.16 bits per heavy atom. The van der Waals surface area contributed by atoms with E-state index in [2.05, 4.69) is 15.5 Å². The fraction of sp³-hybridized carbons (Fsp3) is 0.158. The van der Waals surface area contributed by atoms with Crippen LogP contribution in [0, 0.1) is 0 Å². The number of carbonyl (C=O) groups excluding carboxylic acids is 1. The van der Waals surface area contributed by atoms with Gasteiger partial charge in [0.15, 0.2) is 0 Å². The van der Waals surface area contributed by atoms with E-state index in [-0.39, 0.29) is 12.3 Å². The Morgan fingerprint density at radius 2 is 1.88 bits per heavy atom. The maximum atomic E-state index is 12.1. The van der Waals surface area contributed by atoms with Crippen LogP contribution in [0.3, 0.4) is 0 Å². The summed E-state index contributed by atoms with van der Waals surface area (Å²) >= 11 is 0. The van der Waals surface area contributed by atoms with Crippen LogP contribution >= 0.6 is 0 Å². The number of aromatic amines is 1. The number of ether oxygens (including phenoxy) is 2. The van der Waals surface area contributed by atoms with Crippen LogP contribution in [-0.2, 0) is 11.2 Å². The molecule has 0 bridgehead atoms. The normalized spacial score (nSPS) is 11.0. The molecular formula is C19H19N3O3. The number of amides is 1. The number of hydrogen-bond donors (Lipinski definition) is 2. The van der Waals surface area contributed by atoms with Crippen LogP contribution in [0.2, 0.25) is 0 Å².